The minimum absolute atomic E-state index is 0.216. The lowest BCUT2D eigenvalue weighted by Crippen LogP contribution is -2.03. The molecule has 0 unspecified atom stereocenters. The smallest absolute Gasteiger partial charge is 0.309 e. The molecule has 0 amide bonds. The second kappa shape index (κ2) is 6.76. The largest absolute Gasteiger partial charge is 0.492 e. The second-order valence-corrected chi connectivity index (χ2v) is 5.56. The number of methoxy groups -OCH3 is 1. The Morgan fingerprint density at radius 1 is 1.38 bits per heavy atom. The van der Waals surface area contributed by atoms with Crippen molar-refractivity contribution in [2.45, 2.75) is 26.9 Å². The van der Waals surface area contributed by atoms with Crippen LogP contribution in [0.25, 0.3) is 11.0 Å². The monoisotopic (exact) mass is 353 g/mol. The van der Waals surface area contributed by atoms with Gasteiger partial charge in [-0.25, -0.2) is 0 Å². The molecule has 21 heavy (non-hydrogen) atoms. The van der Waals surface area contributed by atoms with Crippen molar-refractivity contribution in [3.05, 3.63) is 39.7 Å². The Kier molecular flexibility index (Phi) is 5.01. The van der Waals surface area contributed by atoms with Gasteiger partial charge in [0.05, 0.1) is 19.3 Å². The van der Waals surface area contributed by atoms with Crippen LogP contribution in [0.1, 0.15) is 26.0 Å². The van der Waals surface area contributed by atoms with E-state index in [9.17, 15) is 4.79 Å². The molecule has 0 aliphatic heterocycles. The number of ether oxygens (including phenoxy) is 2. The summed E-state index contributed by atoms with van der Waals surface area (Å²) in [7, 11) is 1.37. The molecule has 112 valence electrons. The van der Waals surface area contributed by atoms with Gasteiger partial charge in [-0.2, -0.15) is 0 Å². The summed E-state index contributed by atoms with van der Waals surface area (Å²) in [6, 6.07) is 5.68. The number of allylic oxidation sites excluding steroid dienone is 1. The number of hydrogen-bond donors (Lipinski definition) is 0. The summed E-state index contributed by atoms with van der Waals surface area (Å²) in [5.74, 6) is 0.401. The van der Waals surface area contributed by atoms with E-state index in [1.807, 2.05) is 32.0 Å². The fraction of sp³-hybridized carbons (Fsp3) is 0.333. The Bertz CT molecular complexity index is 690. The van der Waals surface area contributed by atoms with Gasteiger partial charge in [-0.15, -0.1) is 0 Å². The number of hydrogen-bond acceptors (Lipinski definition) is 5. The summed E-state index contributed by atoms with van der Waals surface area (Å²) >= 11 is 3.42. The van der Waals surface area contributed by atoms with Crippen LogP contribution in [0.15, 0.2) is 38.5 Å². The summed E-state index contributed by atoms with van der Waals surface area (Å²) in [6.07, 6.45) is 0.216. The van der Waals surface area contributed by atoms with E-state index < -0.39 is 0 Å². The summed E-state index contributed by atoms with van der Waals surface area (Å²) in [5.41, 5.74) is 2.26. The zero-order valence-corrected chi connectivity index (χ0v) is 13.7. The normalized spacial score (nSPS) is 12.2. The van der Waals surface area contributed by atoms with Crippen molar-refractivity contribution in [3.8, 4) is 0 Å². The maximum Gasteiger partial charge on any atom is 0.309 e. The van der Waals surface area contributed by atoms with Crippen molar-refractivity contribution < 1.29 is 18.8 Å². The number of benzene rings is 1. The first kappa shape index (κ1) is 15.6. The third-order valence-corrected chi connectivity index (χ3v) is 3.66. The highest BCUT2D eigenvalue weighted by atomic mass is 79.9. The van der Waals surface area contributed by atoms with E-state index in [1.165, 1.54) is 7.11 Å². The van der Waals surface area contributed by atoms with Crippen molar-refractivity contribution in [1.29, 1.82) is 0 Å². The topological polar surface area (TPSA) is 61.6 Å². The molecule has 0 bridgehead atoms. The van der Waals surface area contributed by atoms with Gasteiger partial charge < -0.3 is 14.0 Å². The van der Waals surface area contributed by atoms with Crippen molar-refractivity contribution in [2.24, 2.45) is 0 Å². The van der Waals surface area contributed by atoms with Gasteiger partial charge in [0.1, 0.15) is 12.3 Å². The van der Waals surface area contributed by atoms with Gasteiger partial charge in [0.15, 0.2) is 5.58 Å². The number of halogens is 1. The molecule has 0 aliphatic carbocycles. The van der Waals surface area contributed by atoms with Crippen LogP contribution in [-0.4, -0.2) is 18.2 Å². The molecule has 0 fully saturated rings. The van der Waals surface area contributed by atoms with Crippen LogP contribution in [0, 0.1) is 0 Å². The molecule has 2 aromatic rings. The highest BCUT2D eigenvalue weighted by Gasteiger charge is 2.11. The van der Waals surface area contributed by atoms with Gasteiger partial charge >= 0.3 is 5.97 Å². The zero-order valence-electron chi connectivity index (χ0n) is 12.1. The van der Waals surface area contributed by atoms with Gasteiger partial charge in [0.2, 0.25) is 0 Å². The Hall–Kier alpha value is -1.82. The standard InChI is InChI=1S/C15H16BrNO4/c1-9(6-15(18)19-3)10(2)20-8-13-12-7-11(16)4-5-14(12)21-17-13/h4-5,7H,6,8H2,1-3H3/b10-9-. The highest BCUT2D eigenvalue weighted by molar-refractivity contribution is 9.10. The van der Waals surface area contributed by atoms with E-state index in [0.717, 1.165) is 21.1 Å². The molecule has 6 heteroatoms. The van der Waals surface area contributed by atoms with Crippen LogP contribution in [0.4, 0.5) is 0 Å². The van der Waals surface area contributed by atoms with Gasteiger partial charge in [0.25, 0.3) is 0 Å². The number of carbonyl (C=O) groups is 1. The summed E-state index contributed by atoms with van der Waals surface area (Å²) in [5, 5.41) is 4.92. The van der Waals surface area contributed by atoms with Crippen molar-refractivity contribution in [2.75, 3.05) is 7.11 Å². The Morgan fingerprint density at radius 2 is 2.14 bits per heavy atom. The van der Waals surface area contributed by atoms with Crippen molar-refractivity contribution in [1.82, 2.24) is 5.16 Å². The average molecular weight is 354 g/mol. The number of fused-ring (bicyclic) bond motifs is 1. The molecule has 1 aromatic carbocycles. The molecule has 0 saturated carbocycles. The first-order chi connectivity index (χ1) is 10.0. The Labute approximate surface area is 131 Å². The molecule has 0 aliphatic rings. The summed E-state index contributed by atoms with van der Waals surface area (Å²) in [4.78, 5) is 11.2. The number of esters is 1. The van der Waals surface area contributed by atoms with Crippen LogP contribution in [0.5, 0.6) is 0 Å². The molecule has 0 radical (unpaired) electrons. The van der Waals surface area contributed by atoms with Crippen LogP contribution in [0.3, 0.4) is 0 Å². The maximum absolute atomic E-state index is 11.2. The molecular weight excluding hydrogens is 338 g/mol. The molecule has 1 aromatic heterocycles. The molecule has 2 rings (SSSR count). The molecule has 5 nitrogen and oxygen atoms in total. The lowest BCUT2D eigenvalue weighted by atomic mass is 10.2. The van der Waals surface area contributed by atoms with Gasteiger partial charge in [-0.3, -0.25) is 4.79 Å². The Balaban J connectivity index is 2.09. The van der Waals surface area contributed by atoms with Crippen molar-refractivity contribution in [3.63, 3.8) is 0 Å². The fourth-order valence-corrected chi connectivity index (χ4v) is 2.14. The van der Waals surface area contributed by atoms with Crippen LogP contribution in [0.2, 0.25) is 0 Å². The molecule has 0 saturated heterocycles. The van der Waals surface area contributed by atoms with E-state index in [4.69, 9.17) is 9.26 Å². The lowest BCUT2D eigenvalue weighted by Gasteiger charge is -2.08. The van der Waals surface area contributed by atoms with E-state index in [2.05, 4.69) is 25.8 Å². The van der Waals surface area contributed by atoms with E-state index in [-0.39, 0.29) is 19.0 Å². The zero-order chi connectivity index (χ0) is 15.4. The van der Waals surface area contributed by atoms with Crippen LogP contribution in [-0.2, 0) is 20.9 Å². The number of nitrogens with zero attached hydrogens (tertiary/aromatic N) is 1. The minimum atomic E-state index is -0.286. The van der Waals surface area contributed by atoms with E-state index in [0.29, 0.717) is 11.3 Å². The molecule has 0 atom stereocenters. The lowest BCUT2D eigenvalue weighted by molar-refractivity contribution is -0.139. The highest BCUT2D eigenvalue weighted by Crippen LogP contribution is 2.24. The van der Waals surface area contributed by atoms with Crippen molar-refractivity contribution >= 4 is 32.9 Å². The SMILES string of the molecule is COC(=O)C/C(C)=C(/C)OCc1noc2ccc(Br)cc12. The predicted octanol–water partition coefficient (Wildman–Crippen LogP) is 3.96. The first-order valence-corrected chi connectivity index (χ1v) is 7.20. The second-order valence-electron chi connectivity index (χ2n) is 4.65. The number of rotatable bonds is 5. The van der Waals surface area contributed by atoms with Crippen LogP contribution < -0.4 is 0 Å². The third-order valence-electron chi connectivity index (χ3n) is 3.17. The van der Waals surface area contributed by atoms with Gasteiger partial charge in [-0.1, -0.05) is 21.1 Å². The predicted molar refractivity (Wildman–Crippen MR) is 81.5 cm³/mol. The van der Waals surface area contributed by atoms with Gasteiger partial charge in [-0.05, 0) is 37.6 Å². The molecule has 0 N–H and O–H groups in total. The summed E-state index contributed by atoms with van der Waals surface area (Å²) < 4.78 is 16.5. The van der Waals surface area contributed by atoms with E-state index >= 15 is 0 Å². The van der Waals surface area contributed by atoms with E-state index in [1.54, 1.807) is 0 Å². The fourth-order valence-electron chi connectivity index (χ4n) is 1.78. The molecular formula is C15H16BrNO4. The average Bonchev–Trinajstić information content (AvgIpc) is 2.86. The minimum Gasteiger partial charge on any atom is -0.492 e. The maximum atomic E-state index is 11.2. The quantitative estimate of drug-likeness (QED) is 0.601. The van der Waals surface area contributed by atoms with Crippen LogP contribution >= 0.6 is 15.9 Å². The molecule has 1 heterocycles. The van der Waals surface area contributed by atoms with Gasteiger partial charge in [0, 0.05) is 9.86 Å². The Morgan fingerprint density at radius 3 is 2.86 bits per heavy atom. The summed E-state index contributed by atoms with van der Waals surface area (Å²) in [6.45, 7) is 3.94. The first-order valence-electron chi connectivity index (χ1n) is 6.41. The molecule has 0 spiro atoms. The third kappa shape index (κ3) is 3.85. The number of carbonyl (C=O) groups excluding carboxylic acids is 1. The number of aromatic nitrogens is 1.